The van der Waals surface area contributed by atoms with Gasteiger partial charge in [0, 0.05) is 35.1 Å². The summed E-state index contributed by atoms with van der Waals surface area (Å²) in [5.74, 6) is 1.77. The minimum absolute atomic E-state index is 0. The van der Waals surface area contributed by atoms with E-state index in [1.807, 2.05) is 109 Å². The maximum Gasteiger partial charge on any atom is 3.00 e. The summed E-state index contributed by atoms with van der Waals surface area (Å²) in [6.07, 6.45) is 5.48. The quantitative estimate of drug-likeness (QED) is 0.0898. The average Bonchev–Trinajstić information content (AvgIpc) is 1.55. The molecule has 0 saturated heterocycles. The van der Waals surface area contributed by atoms with Crippen LogP contribution in [0.5, 0.6) is 0 Å². The average molecular weight is 1710 g/mol. The number of para-hydroxylation sites is 2. The van der Waals surface area contributed by atoms with Gasteiger partial charge in [0.1, 0.15) is 11.6 Å². The summed E-state index contributed by atoms with van der Waals surface area (Å²) >= 11 is 0. The van der Waals surface area contributed by atoms with Gasteiger partial charge in [-0.3, -0.25) is 22.0 Å². The third kappa shape index (κ3) is 13.3. The number of nitrogens with zero attached hydrogens (tertiary/aromatic N) is 7. The number of pyridine rings is 3. The number of aromatic nitrogens is 6. The number of fused-ring (bicyclic) bond motifs is 3. The Balaban J connectivity index is 0.00000431. The molecule has 502 valence electrons. The van der Waals surface area contributed by atoms with Crippen LogP contribution in [0.25, 0.3) is 162 Å². The van der Waals surface area contributed by atoms with Gasteiger partial charge in [-0.1, -0.05) is 251 Å². The fourth-order valence-electron chi connectivity index (χ4n) is 14.3. The zero-order valence-electron chi connectivity index (χ0n) is 56.9. The third-order valence-corrected chi connectivity index (χ3v) is 19.2. The van der Waals surface area contributed by atoms with Gasteiger partial charge in [0.15, 0.2) is 0 Å². The van der Waals surface area contributed by atoms with E-state index in [0.29, 0.717) is 23.0 Å². The smallest absolute Gasteiger partial charge is 0.333 e. The fraction of sp³-hybridized carbons (Fsp3) is 0. The third-order valence-electron chi connectivity index (χ3n) is 19.2. The van der Waals surface area contributed by atoms with Crippen molar-refractivity contribution < 1.29 is 41.2 Å². The van der Waals surface area contributed by atoms with Gasteiger partial charge in [0.05, 0.1) is 16.7 Å². The molecule has 0 fully saturated rings. The van der Waals surface area contributed by atoms with Crippen LogP contribution in [0, 0.1) is 30.3 Å². The van der Waals surface area contributed by atoms with Crippen LogP contribution in [0.2, 0.25) is 0 Å². The van der Waals surface area contributed by atoms with E-state index in [1.165, 1.54) is 5.39 Å². The van der Waals surface area contributed by atoms with Gasteiger partial charge in [-0.05, 0) is 140 Å². The van der Waals surface area contributed by atoms with E-state index in [1.54, 1.807) is 6.20 Å². The van der Waals surface area contributed by atoms with Crippen molar-refractivity contribution in [1.29, 1.82) is 0 Å². The second-order valence-electron chi connectivity index (χ2n) is 25.5. The molecule has 0 aliphatic rings. The molecule has 0 N–H and O–H groups in total. The molecule has 0 aliphatic heterocycles. The predicted octanol–water partition coefficient (Wildman–Crippen LogP) is 24.2. The summed E-state index contributed by atoms with van der Waals surface area (Å²) in [6.45, 7) is 0. The molecule has 5 aromatic heterocycles. The number of benzene rings is 13. The van der Waals surface area contributed by atoms with Crippen molar-refractivity contribution in [2.45, 2.75) is 0 Å². The van der Waals surface area contributed by atoms with E-state index < -0.39 is 0 Å². The van der Waals surface area contributed by atoms with E-state index in [0.717, 1.165) is 151 Å². The van der Waals surface area contributed by atoms with Gasteiger partial charge in [-0.25, -0.2) is 17.7 Å². The second kappa shape index (κ2) is 30.3. The van der Waals surface area contributed by atoms with Crippen LogP contribution >= 0.6 is 0 Å². The Kier molecular flexibility index (Phi) is 19.4. The van der Waals surface area contributed by atoms with Crippen LogP contribution < -0.4 is 4.90 Å². The first-order valence-electron chi connectivity index (χ1n) is 34.7. The summed E-state index contributed by atoms with van der Waals surface area (Å²) in [5.41, 5.74) is 26.8. The van der Waals surface area contributed by atoms with Gasteiger partial charge in [0.2, 0.25) is 0 Å². The minimum atomic E-state index is 0. The largest absolute Gasteiger partial charge is 3.00 e. The van der Waals surface area contributed by atoms with Crippen molar-refractivity contribution in [2.24, 2.45) is 0 Å². The zero-order valence-corrected chi connectivity index (χ0v) is 61.6. The zero-order chi connectivity index (χ0) is 69.1. The minimum Gasteiger partial charge on any atom is -0.333 e. The van der Waals surface area contributed by atoms with Crippen molar-refractivity contribution in [3.63, 3.8) is 0 Å². The molecule has 0 saturated carbocycles. The molecule has 106 heavy (non-hydrogen) atoms. The summed E-state index contributed by atoms with van der Waals surface area (Å²) in [5, 5.41) is 2.30. The normalized spacial score (nSPS) is 11.1. The molecule has 9 heteroatoms. The molecule has 18 rings (SSSR count). The van der Waals surface area contributed by atoms with E-state index in [9.17, 15) is 0 Å². The van der Waals surface area contributed by atoms with Crippen molar-refractivity contribution in [3.8, 4) is 140 Å². The topological polar surface area (TPSA) is 72.6 Å². The van der Waals surface area contributed by atoms with Crippen LogP contribution in [-0.2, 0) is 41.2 Å². The van der Waals surface area contributed by atoms with E-state index in [2.05, 4.69) is 289 Å². The van der Waals surface area contributed by atoms with Crippen molar-refractivity contribution in [2.75, 3.05) is 4.90 Å². The molecule has 0 bridgehead atoms. The molecular weight excluding hydrogens is 1650 g/mol. The van der Waals surface area contributed by atoms with Crippen molar-refractivity contribution >= 4 is 39.1 Å². The molecule has 0 amide bonds. The summed E-state index contributed by atoms with van der Waals surface area (Å²) in [7, 11) is 0. The van der Waals surface area contributed by atoms with Gasteiger partial charge in [0.25, 0.3) is 0 Å². The van der Waals surface area contributed by atoms with Crippen LogP contribution in [0.4, 0.5) is 17.3 Å². The maximum absolute atomic E-state index is 5.37. The molecular formula is C97H60IrN7Pt. The Morgan fingerprint density at radius 3 is 1.34 bits per heavy atom. The maximum atomic E-state index is 5.37. The summed E-state index contributed by atoms with van der Waals surface area (Å²) in [6, 6.07) is 139. The molecule has 0 aliphatic carbocycles. The van der Waals surface area contributed by atoms with Crippen LogP contribution in [-0.4, -0.2) is 29.5 Å². The molecule has 7 nitrogen and oxygen atoms in total. The first-order chi connectivity index (χ1) is 51.6. The Morgan fingerprint density at radius 2 is 0.774 bits per heavy atom. The molecule has 18 aromatic rings. The molecule has 0 atom stereocenters. The Labute approximate surface area is 644 Å². The van der Waals surface area contributed by atoms with Gasteiger partial charge < -0.3 is 24.5 Å². The van der Waals surface area contributed by atoms with E-state index >= 15 is 0 Å². The van der Waals surface area contributed by atoms with Gasteiger partial charge >= 0.3 is 41.2 Å². The van der Waals surface area contributed by atoms with Gasteiger partial charge in [-0.2, -0.15) is 5.56 Å². The van der Waals surface area contributed by atoms with Gasteiger partial charge in [-0.15, -0.1) is 83.4 Å². The van der Waals surface area contributed by atoms with Crippen LogP contribution in [0.3, 0.4) is 0 Å². The van der Waals surface area contributed by atoms with Crippen molar-refractivity contribution in [3.05, 3.63) is 395 Å². The number of hydrogen-bond acceptors (Lipinski definition) is 6. The predicted molar refractivity (Wildman–Crippen MR) is 424 cm³/mol. The Morgan fingerprint density at radius 1 is 0.283 bits per heavy atom. The second-order valence-corrected chi connectivity index (χ2v) is 25.5. The summed E-state index contributed by atoms with van der Waals surface area (Å²) < 4.78 is 2.33. The summed E-state index contributed by atoms with van der Waals surface area (Å²) in [4.78, 5) is 27.2. The Bertz CT molecular complexity index is 5970. The first kappa shape index (κ1) is 67.8. The first-order valence-corrected chi connectivity index (χ1v) is 34.7. The molecule has 13 aromatic carbocycles. The Hall–Kier alpha value is -12.7. The molecule has 5 heterocycles. The number of rotatable bonds is 16. The number of anilines is 3. The number of hydrogen-bond donors (Lipinski definition) is 0. The standard InChI is InChI=1S/C97H60N7.Ir.Pt/c1-5-26-66(27-6-1)88-63-71(90-41-21-23-57-98-90)50-53-84(88)82-38-17-15-36-80(82)74-60-73(61-75(62-74)81-37-16-18-39-83(81)85-54-51-72(91-42-22-24-58-99-91)64-89(85)67-28-7-2-8-29-67)79-35-14-13-34-78(79)68-46-48-70(49-47-68)97-100-59-56-96(102-97)104(95-45-25-43-92(101-95)69-30-9-3-10-31-69)77-52-55-87-86-40-19-20-44-93(86)103(94(87)65-77)76-32-11-4-12-33-76;;/h1-30,32-47,52-65H;;/q-5;+3;+2. The van der Waals surface area contributed by atoms with E-state index in [-0.39, 0.29) is 41.2 Å². The molecule has 0 radical (unpaired) electrons. The van der Waals surface area contributed by atoms with Crippen molar-refractivity contribution in [1.82, 2.24) is 29.5 Å². The monoisotopic (exact) mass is 1710 g/mol. The van der Waals surface area contributed by atoms with E-state index in [4.69, 9.17) is 24.9 Å². The molecule has 0 spiro atoms. The fourth-order valence-corrected chi connectivity index (χ4v) is 14.3. The van der Waals surface area contributed by atoms with Crippen LogP contribution in [0.1, 0.15) is 0 Å². The SMILES string of the molecule is [Ir+3].[Pt+2].[c-]1cc(-c2ccccc2-c2cc(-c3ccccc3-c3c[c-]c(-c4ccccn4)cc3-c3ccccc3)cc(-c3ccccc3-c3c[c-]c(-c4ccccn4)cc3-c3ccccc3)c2)c[c-]c1-c1nccc(N(c2ccc3c4ccccc4n(-c4ccccc4)c3c2)c2cccc(-c3[c-]cccc3)n2)n1. The van der Waals surface area contributed by atoms with Crippen LogP contribution in [0.15, 0.2) is 364 Å². The molecule has 0 unspecified atom stereocenters.